The highest BCUT2D eigenvalue weighted by Crippen LogP contribution is 2.24. The van der Waals surface area contributed by atoms with Crippen LogP contribution in [0.4, 0.5) is 11.5 Å². The van der Waals surface area contributed by atoms with Gasteiger partial charge in [0.2, 0.25) is 0 Å². The molecule has 0 aliphatic carbocycles. The third kappa shape index (κ3) is 2.74. The van der Waals surface area contributed by atoms with Gasteiger partial charge in [0, 0.05) is 17.3 Å². The summed E-state index contributed by atoms with van der Waals surface area (Å²) in [5.41, 5.74) is 8.69. The van der Waals surface area contributed by atoms with E-state index in [9.17, 15) is 0 Å². The number of hydrogen-bond acceptors (Lipinski definition) is 5. The molecule has 90 valence electrons. The first-order valence-electron chi connectivity index (χ1n) is 5.47. The number of aryl methyl sites for hydroxylation is 2. The molecule has 3 N–H and O–H groups in total. The zero-order valence-corrected chi connectivity index (χ0v) is 11.0. The van der Waals surface area contributed by atoms with Crippen molar-refractivity contribution in [2.24, 2.45) is 0 Å². The Morgan fingerprint density at radius 2 is 2.18 bits per heavy atom. The second-order valence-electron chi connectivity index (χ2n) is 4.14. The summed E-state index contributed by atoms with van der Waals surface area (Å²) in [6.07, 6.45) is 1.80. The van der Waals surface area contributed by atoms with Crippen molar-refractivity contribution in [3.8, 4) is 0 Å². The van der Waals surface area contributed by atoms with E-state index in [2.05, 4.69) is 22.2 Å². The van der Waals surface area contributed by atoms with E-state index in [4.69, 9.17) is 5.73 Å². The lowest BCUT2D eigenvalue weighted by molar-refractivity contribution is 0.856. The first-order chi connectivity index (χ1) is 8.06. The number of aromatic nitrogens is 2. The quantitative estimate of drug-likeness (QED) is 0.876. The maximum atomic E-state index is 5.91. The number of pyridine rings is 1. The SMILES string of the molecule is Cc1cnc(NC(C)c2nc(C)cs2)c(N)c1. The first kappa shape index (κ1) is 11.9. The Labute approximate surface area is 105 Å². The summed E-state index contributed by atoms with van der Waals surface area (Å²) in [6, 6.07) is 2.03. The largest absolute Gasteiger partial charge is 0.396 e. The van der Waals surface area contributed by atoms with Crippen LogP contribution in [0, 0.1) is 13.8 Å². The molecule has 4 nitrogen and oxygen atoms in total. The van der Waals surface area contributed by atoms with Gasteiger partial charge in [-0.2, -0.15) is 0 Å². The average molecular weight is 248 g/mol. The molecule has 2 rings (SSSR count). The van der Waals surface area contributed by atoms with Gasteiger partial charge in [-0.1, -0.05) is 0 Å². The minimum atomic E-state index is 0.117. The van der Waals surface area contributed by atoms with Gasteiger partial charge in [-0.05, 0) is 32.4 Å². The van der Waals surface area contributed by atoms with Crippen LogP contribution in [-0.4, -0.2) is 9.97 Å². The standard InChI is InChI=1S/C12H16N4S/c1-7-4-10(13)11(14-5-7)16-9(3)12-15-8(2)6-17-12/h4-6,9H,13H2,1-3H3,(H,14,16). The minimum absolute atomic E-state index is 0.117. The summed E-state index contributed by atoms with van der Waals surface area (Å²) < 4.78 is 0. The van der Waals surface area contributed by atoms with Crippen molar-refractivity contribution >= 4 is 22.8 Å². The highest BCUT2D eigenvalue weighted by molar-refractivity contribution is 7.09. The second-order valence-corrected chi connectivity index (χ2v) is 5.03. The van der Waals surface area contributed by atoms with Crippen LogP contribution in [0.2, 0.25) is 0 Å². The fraction of sp³-hybridized carbons (Fsp3) is 0.333. The van der Waals surface area contributed by atoms with Crippen molar-refractivity contribution in [3.05, 3.63) is 33.9 Å². The summed E-state index contributed by atoms with van der Waals surface area (Å²) in [5.74, 6) is 0.718. The Balaban J connectivity index is 2.15. The molecule has 0 spiro atoms. The number of hydrogen-bond donors (Lipinski definition) is 2. The summed E-state index contributed by atoms with van der Waals surface area (Å²) in [5, 5.41) is 6.37. The molecule has 0 aliphatic heterocycles. The van der Waals surface area contributed by atoms with Crippen LogP contribution >= 0.6 is 11.3 Å². The Kier molecular flexibility index (Phi) is 3.28. The molecule has 0 radical (unpaired) electrons. The molecule has 1 unspecified atom stereocenters. The maximum absolute atomic E-state index is 5.91. The van der Waals surface area contributed by atoms with Crippen LogP contribution in [0.3, 0.4) is 0 Å². The van der Waals surface area contributed by atoms with Crippen LogP contribution in [-0.2, 0) is 0 Å². The fourth-order valence-electron chi connectivity index (χ4n) is 1.55. The molecule has 0 aliphatic rings. The highest BCUT2D eigenvalue weighted by Gasteiger charge is 2.11. The van der Waals surface area contributed by atoms with Gasteiger partial charge in [-0.3, -0.25) is 0 Å². The topological polar surface area (TPSA) is 63.8 Å². The van der Waals surface area contributed by atoms with Gasteiger partial charge in [-0.25, -0.2) is 9.97 Å². The molecular weight excluding hydrogens is 232 g/mol. The molecule has 2 aromatic heterocycles. The molecule has 0 bridgehead atoms. The van der Waals surface area contributed by atoms with Crippen LogP contribution in [0.25, 0.3) is 0 Å². The van der Waals surface area contributed by atoms with E-state index >= 15 is 0 Å². The van der Waals surface area contributed by atoms with Crippen LogP contribution in [0.1, 0.15) is 29.2 Å². The van der Waals surface area contributed by atoms with E-state index in [1.165, 1.54) is 0 Å². The summed E-state index contributed by atoms with van der Waals surface area (Å²) >= 11 is 1.64. The van der Waals surface area contributed by atoms with E-state index in [1.54, 1.807) is 17.5 Å². The Morgan fingerprint density at radius 3 is 2.76 bits per heavy atom. The van der Waals surface area contributed by atoms with Crippen molar-refractivity contribution in [2.75, 3.05) is 11.1 Å². The highest BCUT2D eigenvalue weighted by atomic mass is 32.1. The lowest BCUT2D eigenvalue weighted by Gasteiger charge is -2.13. The van der Waals surface area contributed by atoms with Gasteiger partial charge in [-0.15, -0.1) is 11.3 Å². The zero-order valence-electron chi connectivity index (χ0n) is 10.2. The second kappa shape index (κ2) is 4.71. The lowest BCUT2D eigenvalue weighted by Crippen LogP contribution is -2.09. The first-order valence-corrected chi connectivity index (χ1v) is 6.35. The summed E-state index contributed by atoms with van der Waals surface area (Å²) in [6.45, 7) is 6.02. The molecule has 5 heteroatoms. The predicted molar refractivity (Wildman–Crippen MR) is 72.3 cm³/mol. The smallest absolute Gasteiger partial charge is 0.149 e. The fourth-order valence-corrected chi connectivity index (χ4v) is 2.35. The molecule has 17 heavy (non-hydrogen) atoms. The molecular formula is C12H16N4S. The molecule has 0 saturated carbocycles. The minimum Gasteiger partial charge on any atom is -0.396 e. The molecule has 0 aromatic carbocycles. The van der Waals surface area contributed by atoms with Crippen molar-refractivity contribution in [2.45, 2.75) is 26.8 Å². The normalized spacial score (nSPS) is 12.4. The monoisotopic (exact) mass is 248 g/mol. The van der Waals surface area contributed by atoms with Crippen LogP contribution in [0.15, 0.2) is 17.6 Å². The van der Waals surface area contributed by atoms with Crippen molar-refractivity contribution in [1.29, 1.82) is 0 Å². The molecule has 0 saturated heterocycles. The van der Waals surface area contributed by atoms with Gasteiger partial charge in [0.25, 0.3) is 0 Å². The summed E-state index contributed by atoms with van der Waals surface area (Å²) in [7, 11) is 0. The Bertz CT molecular complexity index is 521. The molecule has 1 atom stereocenters. The zero-order chi connectivity index (χ0) is 12.4. The summed E-state index contributed by atoms with van der Waals surface area (Å²) in [4.78, 5) is 8.73. The molecule has 0 amide bonds. The van der Waals surface area contributed by atoms with E-state index in [0.717, 1.165) is 22.1 Å². The van der Waals surface area contributed by atoms with Gasteiger partial charge in [0.15, 0.2) is 0 Å². The van der Waals surface area contributed by atoms with E-state index in [0.29, 0.717) is 5.69 Å². The Hall–Kier alpha value is -1.62. The van der Waals surface area contributed by atoms with Gasteiger partial charge >= 0.3 is 0 Å². The van der Waals surface area contributed by atoms with E-state index in [-0.39, 0.29) is 6.04 Å². The number of nitrogen functional groups attached to an aromatic ring is 1. The van der Waals surface area contributed by atoms with Crippen molar-refractivity contribution in [3.63, 3.8) is 0 Å². The average Bonchev–Trinajstić information content (AvgIpc) is 2.69. The van der Waals surface area contributed by atoms with Crippen LogP contribution < -0.4 is 11.1 Å². The third-order valence-corrected chi connectivity index (χ3v) is 3.56. The molecule has 0 fully saturated rings. The Morgan fingerprint density at radius 1 is 1.41 bits per heavy atom. The molecule has 2 aromatic rings. The maximum Gasteiger partial charge on any atom is 0.149 e. The number of nitrogens with two attached hydrogens (primary N) is 1. The van der Waals surface area contributed by atoms with Crippen molar-refractivity contribution in [1.82, 2.24) is 9.97 Å². The van der Waals surface area contributed by atoms with Gasteiger partial charge < -0.3 is 11.1 Å². The van der Waals surface area contributed by atoms with E-state index in [1.807, 2.05) is 25.3 Å². The third-order valence-electron chi connectivity index (χ3n) is 2.41. The number of nitrogens with zero attached hydrogens (tertiary/aromatic N) is 2. The van der Waals surface area contributed by atoms with Gasteiger partial charge in [0.05, 0.1) is 11.7 Å². The van der Waals surface area contributed by atoms with Crippen LogP contribution in [0.5, 0.6) is 0 Å². The number of anilines is 2. The number of nitrogens with one attached hydrogen (secondary N) is 1. The van der Waals surface area contributed by atoms with Gasteiger partial charge in [0.1, 0.15) is 10.8 Å². The molecule has 2 heterocycles. The number of rotatable bonds is 3. The lowest BCUT2D eigenvalue weighted by atomic mass is 10.2. The number of thiazole rings is 1. The van der Waals surface area contributed by atoms with Crippen molar-refractivity contribution < 1.29 is 0 Å². The predicted octanol–water partition coefficient (Wildman–Crippen LogP) is 2.91. The van der Waals surface area contributed by atoms with E-state index < -0.39 is 0 Å².